The molecule has 1 aromatic heterocycles. The number of nitrogens with one attached hydrogen (secondary N) is 2. The van der Waals surface area contributed by atoms with Crippen molar-refractivity contribution in [1.82, 2.24) is 20.1 Å². The average molecular weight is 674 g/mol. The highest BCUT2D eigenvalue weighted by atomic mass is 35.5. The third-order valence-electron chi connectivity index (χ3n) is 7.06. The van der Waals surface area contributed by atoms with Crippen molar-refractivity contribution in [3.8, 4) is 5.75 Å². The van der Waals surface area contributed by atoms with E-state index in [1.165, 1.54) is 4.90 Å². The number of hydrogen-bond donors (Lipinski definition) is 2. The number of nitrogens with zero attached hydrogens (tertiary/aromatic N) is 3. The Morgan fingerprint density at radius 3 is 2.17 bits per heavy atom. The number of amides is 3. The van der Waals surface area contributed by atoms with Crippen molar-refractivity contribution >= 4 is 63.2 Å². The number of hydrogen-bond acceptors (Lipinski definition) is 11. The summed E-state index contributed by atoms with van der Waals surface area (Å²) in [6.45, 7) is 5.96. The maximum absolute atomic E-state index is 12.8. The summed E-state index contributed by atoms with van der Waals surface area (Å²) in [6, 6.07) is 11.4. The number of fused-ring (bicyclic) bond motifs is 2. The molecule has 0 saturated heterocycles. The molecule has 1 heterocycles. The van der Waals surface area contributed by atoms with Gasteiger partial charge in [-0.2, -0.15) is 0 Å². The second-order valence-electron chi connectivity index (χ2n) is 10.4. The fourth-order valence-electron chi connectivity index (χ4n) is 4.85. The van der Waals surface area contributed by atoms with E-state index in [1.807, 2.05) is 36.4 Å². The standard InChI is InChI=1S/C33H44ClN5O8/c1-5-45-30(41)22-38(17-18-39(32(42)46-6-2)33(43)47-7-3)21-29(40)35-15-9-8-10-16-36-31-25-13-11-23(34)19-28(25)37-27-14-12-24(44-4)20-26(27)31/h11-14,19-20H,5-10,15-18,21-22H2,1-4H3,(H,35,40)(H,36,37). The van der Waals surface area contributed by atoms with Crippen molar-refractivity contribution < 1.29 is 38.1 Å². The highest BCUT2D eigenvalue weighted by molar-refractivity contribution is 6.31. The number of aromatic nitrogens is 1. The van der Waals surface area contributed by atoms with Gasteiger partial charge in [-0.1, -0.05) is 11.6 Å². The van der Waals surface area contributed by atoms with E-state index in [9.17, 15) is 19.2 Å². The average Bonchev–Trinajstić information content (AvgIpc) is 3.03. The normalized spacial score (nSPS) is 10.9. The topological polar surface area (TPSA) is 149 Å². The van der Waals surface area contributed by atoms with Crippen LogP contribution in [0.2, 0.25) is 5.02 Å². The minimum Gasteiger partial charge on any atom is -0.497 e. The van der Waals surface area contributed by atoms with Crippen LogP contribution in [-0.4, -0.2) is 105 Å². The third kappa shape index (κ3) is 11.4. The molecule has 0 unspecified atom stereocenters. The molecule has 47 heavy (non-hydrogen) atoms. The Morgan fingerprint density at radius 1 is 0.787 bits per heavy atom. The summed E-state index contributed by atoms with van der Waals surface area (Å²) in [4.78, 5) is 56.6. The van der Waals surface area contributed by atoms with Crippen LogP contribution in [0.25, 0.3) is 21.8 Å². The van der Waals surface area contributed by atoms with Crippen LogP contribution in [0.5, 0.6) is 5.75 Å². The summed E-state index contributed by atoms with van der Waals surface area (Å²) in [5.41, 5.74) is 2.59. The zero-order chi connectivity index (χ0) is 34.2. The number of ether oxygens (including phenoxy) is 4. The van der Waals surface area contributed by atoms with E-state index in [4.69, 9.17) is 35.5 Å². The maximum atomic E-state index is 12.8. The zero-order valence-electron chi connectivity index (χ0n) is 27.4. The molecule has 0 aliphatic heterocycles. The first kappa shape index (κ1) is 37.1. The molecule has 3 aromatic rings. The van der Waals surface area contributed by atoms with Crippen molar-refractivity contribution in [2.75, 3.05) is 71.5 Å². The van der Waals surface area contributed by atoms with Gasteiger partial charge in [-0.25, -0.2) is 19.5 Å². The van der Waals surface area contributed by atoms with Gasteiger partial charge in [0.15, 0.2) is 0 Å². The first-order valence-electron chi connectivity index (χ1n) is 15.8. The van der Waals surface area contributed by atoms with E-state index in [-0.39, 0.29) is 51.9 Å². The Kier molecular flexibility index (Phi) is 15.3. The molecule has 13 nitrogen and oxygen atoms in total. The molecular weight excluding hydrogens is 630 g/mol. The Morgan fingerprint density at radius 2 is 1.49 bits per heavy atom. The van der Waals surface area contributed by atoms with E-state index >= 15 is 0 Å². The van der Waals surface area contributed by atoms with Crippen LogP contribution in [0.3, 0.4) is 0 Å². The molecule has 256 valence electrons. The summed E-state index contributed by atoms with van der Waals surface area (Å²) < 4.78 is 20.4. The number of imide groups is 1. The lowest BCUT2D eigenvalue weighted by molar-refractivity contribution is -0.144. The Hall–Kier alpha value is -4.36. The van der Waals surface area contributed by atoms with Crippen molar-refractivity contribution in [2.45, 2.75) is 40.0 Å². The van der Waals surface area contributed by atoms with Gasteiger partial charge in [0.2, 0.25) is 5.91 Å². The Bertz CT molecular complexity index is 1500. The molecular formula is C33H44ClN5O8. The summed E-state index contributed by atoms with van der Waals surface area (Å²) in [7, 11) is 1.63. The molecule has 0 atom stereocenters. The van der Waals surface area contributed by atoms with Crippen LogP contribution in [0.15, 0.2) is 36.4 Å². The smallest absolute Gasteiger partial charge is 0.419 e. The van der Waals surface area contributed by atoms with Crippen molar-refractivity contribution in [2.24, 2.45) is 0 Å². The third-order valence-corrected chi connectivity index (χ3v) is 7.30. The summed E-state index contributed by atoms with van der Waals surface area (Å²) in [5.74, 6) is -0.0842. The molecule has 0 saturated carbocycles. The van der Waals surface area contributed by atoms with Gasteiger partial charge < -0.3 is 29.6 Å². The van der Waals surface area contributed by atoms with Crippen molar-refractivity contribution in [3.05, 3.63) is 41.4 Å². The van der Waals surface area contributed by atoms with Crippen LogP contribution < -0.4 is 15.4 Å². The number of carbonyl (C=O) groups excluding carboxylic acids is 4. The number of halogens is 1. The molecule has 14 heteroatoms. The number of anilines is 1. The van der Waals surface area contributed by atoms with Gasteiger partial charge in [0, 0.05) is 42.0 Å². The molecule has 0 aliphatic carbocycles. The lowest BCUT2D eigenvalue weighted by Crippen LogP contribution is -2.46. The van der Waals surface area contributed by atoms with E-state index in [1.54, 1.807) is 27.9 Å². The van der Waals surface area contributed by atoms with Crippen molar-refractivity contribution in [1.29, 1.82) is 0 Å². The summed E-state index contributed by atoms with van der Waals surface area (Å²) in [5, 5.41) is 8.97. The van der Waals surface area contributed by atoms with Gasteiger partial charge in [-0.3, -0.25) is 14.5 Å². The molecule has 3 rings (SSSR count). The van der Waals surface area contributed by atoms with Crippen LogP contribution in [-0.2, 0) is 23.8 Å². The van der Waals surface area contributed by atoms with E-state index < -0.39 is 18.2 Å². The van der Waals surface area contributed by atoms with Gasteiger partial charge in [-0.05, 0) is 76.4 Å². The molecule has 0 bridgehead atoms. The summed E-state index contributed by atoms with van der Waals surface area (Å²) in [6.07, 6.45) is 0.715. The lowest BCUT2D eigenvalue weighted by Gasteiger charge is -2.25. The first-order chi connectivity index (χ1) is 22.7. The van der Waals surface area contributed by atoms with Crippen LogP contribution in [0, 0.1) is 0 Å². The number of pyridine rings is 1. The summed E-state index contributed by atoms with van der Waals surface area (Å²) >= 11 is 6.23. The molecule has 2 N–H and O–H groups in total. The number of unbranched alkanes of at least 4 members (excludes halogenated alkanes) is 2. The number of rotatable bonds is 18. The first-order valence-corrected chi connectivity index (χ1v) is 16.1. The minimum absolute atomic E-state index is 0.0337. The number of carbonyl (C=O) groups is 4. The molecule has 3 amide bonds. The number of esters is 1. The molecule has 2 aromatic carbocycles. The number of methoxy groups -OCH3 is 1. The lowest BCUT2D eigenvalue weighted by atomic mass is 10.1. The van der Waals surface area contributed by atoms with Crippen LogP contribution >= 0.6 is 11.6 Å². The van der Waals surface area contributed by atoms with E-state index in [0.29, 0.717) is 18.1 Å². The van der Waals surface area contributed by atoms with Crippen LogP contribution in [0.1, 0.15) is 40.0 Å². The molecule has 0 radical (unpaired) electrons. The molecule has 0 fully saturated rings. The fourth-order valence-corrected chi connectivity index (χ4v) is 5.01. The largest absolute Gasteiger partial charge is 0.497 e. The number of benzene rings is 2. The quantitative estimate of drug-likeness (QED) is 0.0791. The van der Waals surface area contributed by atoms with E-state index in [2.05, 4.69) is 10.6 Å². The maximum Gasteiger partial charge on any atom is 0.419 e. The fraction of sp³-hybridized carbons (Fsp3) is 0.485. The van der Waals surface area contributed by atoms with Gasteiger partial charge in [0.25, 0.3) is 0 Å². The molecule has 0 spiro atoms. The Balaban J connectivity index is 1.51. The predicted octanol–water partition coefficient (Wildman–Crippen LogP) is 5.23. The Labute approximate surface area is 279 Å². The van der Waals surface area contributed by atoms with Gasteiger partial charge in [-0.15, -0.1) is 0 Å². The zero-order valence-corrected chi connectivity index (χ0v) is 28.2. The monoisotopic (exact) mass is 673 g/mol. The van der Waals surface area contributed by atoms with Crippen molar-refractivity contribution in [3.63, 3.8) is 0 Å². The highest BCUT2D eigenvalue weighted by Gasteiger charge is 2.26. The molecule has 0 aliphatic rings. The highest BCUT2D eigenvalue weighted by Crippen LogP contribution is 2.34. The van der Waals surface area contributed by atoms with Gasteiger partial charge in [0.05, 0.1) is 56.7 Å². The van der Waals surface area contributed by atoms with Gasteiger partial charge >= 0.3 is 18.2 Å². The second-order valence-corrected chi connectivity index (χ2v) is 10.9. The van der Waals surface area contributed by atoms with Crippen LogP contribution in [0.4, 0.5) is 15.3 Å². The van der Waals surface area contributed by atoms with Gasteiger partial charge in [0.1, 0.15) is 5.75 Å². The predicted molar refractivity (Wildman–Crippen MR) is 180 cm³/mol. The van der Waals surface area contributed by atoms with E-state index in [0.717, 1.165) is 57.4 Å². The SMILES string of the molecule is CCOC(=O)CN(CCN(C(=O)OCC)C(=O)OCC)CC(=O)NCCCCCNc1c2ccc(Cl)cc2nc2ccc(OC)cc12. The minimum atomic E-state index is -0.865. The second kappa shape index (κ2) is 19.3.